The van der Waals surface area contributed by atoms with Gasteiger partial charge in [-0.15, -0.1) is 0 Å². The molecule has 4 aromatic rings. The lowest BCUT2D eigenvalue weighted by atomic mass is 10.1. The Morgan fingerprint density at radius 3 is 1.57 bits per heavy atom. The second-order valence-corrected chi connectivity index (χ2v) is 15.8. The number of aromatic nitrogens is 2. The molecule has 15 nitrogen and oxygen atoms in total. The molecule has 0 aliphatic heterocycles. The summed E-state index contributed by atoms with van der Waals surface area (Å²) < 4.78 is 53.1. The molecule has 0 spiro atoms. The highest BCUT2D eigenvalue weighted by molar-refractivity contribution is 7.89. The van der Waals surface area contributed by atoms with Gasteiger partial charge in [-0.05, 0) is 94.0 Å². The summed E-state index contributed by atoms with van der Waals surface area (Å²) in [5, 5.41) is 12.1. The summed E-state index contributed by atoms with van der Waals surface area (Å²) in [4.78, 5) is 24.1. The summed E-state index contributed by atoms with van der Waals surface area (Å²) in [7, 11) is -2.65. The summed E-state index contributed by atoms with van der Waals surface area (Å²) in [6, 6.07) is 21.2. The maximum Gasteiger partial charge on any atom is 0.253 e. The number of carbonyl (C=O) groups is 1. The zero-order valence-corrected chi connectivity index (χ0v) is 32.3. The van der Waals surface area contributed by atoms with Crippen molar-refractivity contribution in [2.24, 2.45) is 10.2 Å². The van der Waals surface area contributed by atoms with E-state index in [2.05, 4.69) is 52.7 Å². The molecular formula is C36H46N10O5S2. The quantitative estimate of drug-likeness (QED) is 0.0500. The Balaban J connectivity index is 1.57. The third-order valence-corrected chi connectivity index (χ3v) is 11.0. The molecule has 3 aromatic carbocycles. The lowest BCUT2D eigenvalue weighted by molar-refractivity contribution is 0.0792. The second kappa shape index (κ2) is 18.5. The van der Waals surface area contributed by atoms with Gasteiger partial charge in [-0.25, -0.2) is 26.3 Å². The number of unbranched alkanes of at least 4 members (excludes halogenated alkanes) is 3. The molecule has 0 bridgehead atoms. The molecule has 5 N–H and O–H groups in total. The summed E-state index contributed by atoms with van der Waals surface area (Å²) >= 11 is 0. The number of hydrogen-bond donors (Lipinski definition) is 5. The van der Waals surface area contributed by atoms with E-state index < -0.39 is 20.0 Å². The van der Waals surface area contributed by atoms with Gasteiger partial charge in [0.25, 0.3) is 5.91 Å². The van der Waals surface area contributed by atoms with Crippen molar-refractivity contribution in [3.8, 4) is 0 Å². The Kier molecular flexibility index (Phi) is 14.2. The van der Waals surface area contributed by atoms with Crippen molar-refractivity contribution >= 4 is 60.6 Å². The van der Waals surface area contributed by atoms with Crippen LogP contribution in [0, 0.1) is 0 Å². The average molecular weight is 763 g/mol. The van der Waals surface area contributed by atoms with Crippen LogP contribution in [-0.2, 0) is 20.0 Å². The van der Waals surface area contributed by atoms with Gasteiger partial charge in [-0.2, -0.15) is 20.2 Å². The fourth-order valence-electron chi connectivity index (χ4n) is 4.94. The lowest BCUT2D eigenvalue weighted by Gasteiger charge is -2.17. The number of nitrogens with one attached hydrogen (secondary N) is 5. The SMILES string of the molecule is CCCCCCN(C)C(=O)c1ccc(Nc2nc(NN=C(C)c3ccc(S(=O)(=O)NC)cc3)cc(NN=C(C)c3ccc(S(=O)(=O)NC)cc3)n2)cc1. The van der Waals surface area contributed by atoms with E-state index in [1.807, 2.05) is 7.05 Å². The number of amides is 1. The number of carbonyl (C=O) groups excluding carboxylic acids is 1. The summed E-state index contributed by atoms with van der Waals surface area (Å²) in [5.74, 6) is 0.767. The van der Waals surface area contributed by atoms with Crippen LogP contribution in [0.25, 0.3) is 0 Å². The fraction of sp³-hybridized carbons (Fsp3) is 0.306. The van der Waals surface area contributed by atoms with Gasteiger partial charge in [0, 0.05) is 30.9 Å². The molecule has 1 heterocycles. The Morgan fingerprint density at radius 1 is 0.679 bits per heavy atom. The van der Waals surface area contributed by atoms with Crippen LogP contribution in [0.15, 0.2) is 98.9 Å². The van der Waals surface area contributed by atoms with Gasteiger partial charge in [-0.3, -0.25) is 15.6 Å². The molecule has 0 fully saturated rings. The van der Waals surface area contributed by atoms with Crippen molar-refractivity contribution in [3.63, 3.8) is 0 Å². The Labute approximate surface area is 311 Å². The second-order valence-electron chi connectivity index (χ2n) is 12.0. The molecule has 0 aliphatic carbocycles. The van der Waals surface area contributed by atoms with E-state index in [-0.39, 0.29) is 21.6 Å². The third-order valence-electron chi connectivity index (χ3n) is 8.19. The molecule has 0 atom stereocenters. The number of nitrogens with zero attached hydrogens (tertiary/aromatic N) is 5. The molecule has 17 heteroatoms. The maximum absolute atomic E-state index is 13.0. The van der Waals surface area contributed by atoms with Crippen LogP contribution < -0.4 is 25.6 Å². The highest BCUT2D eigenvalue weighted by atomic mass is 32.2. The lowest BCUT2D eigenvalue weighted by Crippen LogP contribution is -2.27. The van der Waals surface area contributed by atoms with E-state index >= 15 is 0 Å². The molecule has 0 radical (unpaired) electrons. The van der Waals surface area contributed by atoms with E-state index in [0.29, 0.717) is 52.0 Å². The van der Waals surface area contributed by atoms with Crippen molar-refractivity contribution in [1.29, 1.82) is 0 Å². The molecule has 53 heavy (non-hydrogen) atoms. The van der Waals surface area contributed by atoms with Crippen LogP contribution in [-0.4, -0.2) is 76.7 Å². The van der Waals surface area contributed by atoms with Gasteiger partial charge in [-0.1, -0.05) is 50.5 Å². The minimum atomic E-state index is -3.58. The van der Waals surface area contributed by atoms with E-state index in [1.165, 1.54) is 38.4 Å². The number of sulfonamides is 2. The van der Waals surface area contributed by atoms with Crippen molar-refractivity contribution in [3.05, 3.63) is 95.6 Å². The van der Waals surface area contributed by atoms with Crippen molar-refractivity contribution in [2.75, 3.05) is 43.9 Å². The number of rotatable bonds is 18. The molecule has 0 saturated heterocycles. The molecule has 1 aromatic heterocycles. The Morgan fingerprint density at radius 2 is 1.13 bits per heavy atom. The molecule has 1 amide bonds. The van der Waals surface area contributed by atoms with Gasteiger partial charge >= 0.3 is 0 Å². The zero-order chi connectivity index (χ0) is 38.6. The van der Waals surface area contributed by atoms with Crippen molar-refractivity contribution < 1.29 is 21.6 Å². The normalized spacial score (nSPS) is 12.3. The predicted molar refractivity (Wildman–Crippen MR) is 210 cm³/mol. The fourth-order valence-corrected chi connectivity index (χ4v) is 6.40. The number of hydrogen-bond acceptors (Lipinski definition) is 12. The summed E-state index contributed by atoms with van der Waals surface area (Å²) in [5.41, 5.74) is 9.58. The first-order valence-electron chi connectivity index (χ1n) is 17.0. The monoisotopic (exact) mass is 762 g/mol. The number of hydrazone groups is 2. The van der Waals surface area contributed by atoms with Crippen molar-refractivity contribution in [1.82, 2.24) is 24.3 Å². The van der Waals surface area contributed by atoms with E-state index in [4.69, 9.17) is 0 Å². The van der Waals surface area contributed by atoms with Gasteiger partial charge in [0.1, 0.15) is 0 Å². The number of anilines is 4. The van der Waals surface area contributed by atoms with E-state index in [9.17, 15) is 21.6 Å². The van der Waals surface area contributed by atoms with Crippen LogP contribution in [0.1, 0.15) is 67.9 Å². The van der Waals surface area contributed by atoms with Crippen molar-refractivity contribution in [2.45, 2.75) is 56.2 Å². The Hall–Kier alpha value is -5.23. The first-order chi connectivity index (χ1) is 25.3. The van der Waals surface area contributed by atoms with Gasteiger partial charge in [0.15, 0.2) is 11.6 Å². The first kappa shape index (κ1) is 40.5. The molecule has 0 saturated carbocycles. The standard InChI is InChI=1S/C36H46N10O5S2/c1-7-8-9-10-23-46(6)35(47)29-11-17-30(18-12-29)39-36-40-33(44-42-25(2)27-13-19-31(20-14-27)52(48,49)37-4)24-34(41-36)45-43-26(3)28-15-21-32(22-16-28)53(50,51)38-5/h11-22,24,37-38H,7-10,23H2,1-6H3,(H3,39,40,41,44,45). The maximum atomic E-state index is 13.0. The summed E-state index contributed by atoms with van der Waals surface area (Å²) in [6.45, 7) is 6.38. The first-order valence-corrected chi connectivity index (χ1v) is 19.9. The summed E-state index contributed by atoms with van der Waals surface area (Å²) in [6.07, 6.45) is 4.33. The predicted octanol–water partition coefficient (Wildman–Crippen LogP) is 5.36. The van der Waals surface area contributed by atoms with E-state index in [1.54, 1.807) is 73.3 Å². The molecule has 4 rings (SSSR count). The largest absolute Gasteiger partial charge is 0.342 e. The number of benzene rings is 3. The van der Waals surface area contributed by atoms with Gasteiger partial charge < -0.3 is 10.2 Å². The molecule has 282 valence electrons. The highest BCUT2D eigenvalue weighted by Crippen LogP contribution is 2.21. The topological polar surface area (TPSA) is 199 Å². The van der Waals surface area contributed by atoms with E-state index in [0.717, 1.165) is 25.7 Å². The molecule has 0 aliphatic rings. The zero-order valence-electron chi connectivity index (χ0n) is 30.6. The van der Waals surface area contributed by atoms with Gasteiger partial charge in [0.2, 0.25) is 26.0 Å². The highest BCUT2D eigenvalue weighted by Gasteiger charge is 2.14. The average Bonchev–Trinajstić information content (AvgIpc) is 3.17. The van der Waals surface area contributed by atoms with Crippen LogP contribution in [0.4, 0.5) is 23.3 Å². The van der Waals surface area contributed by atoms with Gasteiger partial charge in [0.05, 0.1) is 21.2 Å². The smallest absolute Gasteiger partial charge is 0.253 e. The minimum absolute atomic E-state index is 0.0555. The van der Waals surface area contributed by atoms with Crippen LogP contribution >= 0.6 is 0 Å². The molecular weight excluding hydrogens is 717 g/mol. The Bertz CT molecular complexity index is 2030. The molecule has 0 unspecified atom stereocenters. The minimum Gasteiger partial charge on any atom is -0.342 e. The van der Waals surface area contributed by atoms with Crippen LogP contribution in [0.2, 0.25) is 0 Å². The van der Waals surface area contributed by atoms with Crippen LogP contribution in [0.5, 0.6) is 0 Å². The van der Waals surface area contributed by atoms with Crippen LogP contribution in [0.3, 0.4) is 0 Å². The third kappa shape index (κ3) is 11.4.